The van der Waals surface area contributed by atoms with E-state index in [0.29, 0.717) is 11.4 Å². The van der Waals surface area contributed by atoms with Gasteiger partial charge in [-0.3, -0.25) is 9.48 Å². The minimum Gasteiger partial charge on any atom is -0.382 e. The number of rotatable bonds is 2. The molecule has 0 fully saturated rings. The van der Waals surface area contributed by atoms with Gasteiger partial charge in [-0.05, 0) is 25.1 Å². The number of hydrogen-bond acceptors (Lipinski definition) is 4. The third kappa shape index (κ3) is 2.32. The van der Waals surface area contributed by atoms with Gasteiger partial charge in [0.15, 0.2) is 0 Å². The van der Waals surface area contributed by atoms with Crippen LogP contribution in [0.25, 0.3) is 0 Å². The fourth-order valence-corrected chi connectivity index (χ4v) is 2.30. The highest BCUT2D eigenvalue weighted by molar-refractivity contribution is 6.05. The summed E-state index contributed by atoms with van der Waals surface area (Å²) >= 11 is 0. The number of carbonyl (C=O) groups is 1. The quantitative estimate of drug-likeness (QED) is 0.779. The van der Waals surface area contributed by atoms with E-state index in [0.717, 1.165) is 30.2 Å². The average molecular weight is 271 g/mol. The highest BCUT2D eigenvalue weighted by atomic mass is 16.1. The molecule has 0 radical (unpaired) electrons. The van der Waals surface area contributed by atoms with Gasteiger partial charge in [0.1, 0.15) is 5.82 Å². The molecular weight excluding hydrogens is 254 g/mol. The van der Waals surface area contributed by atoms with Crippen LogP contribution in [-0.2, 0) is 7.05 Å². The number of hydrogen-bond donors (Lipinski definition) is 3. The van der Waals surface area contributed by atoms with Crippen molar-refractivity contribution < 1.29 is 4.79 Å². The number of nitrogens with zero attached hydrogens (tertiary/aromatic N) is 2. The standard InChI is InChI=1S/C14H17N5O/c1-9-7-13(19(2)18-9)17-14(20)10-3-4-11-12(8-10)16-6-5-15-11/h3-4,7-8,15-16H,5-6H2,1-2H3,(H,17,20). The predicted molar refractivity (Wildman–Crippen MR) is 79.3 cm³/mol. The number of nitrogens with one attached hydrogen (secondary N) is 3. The maximum absolute atomic E-state index is 12.3. The molecule has 3 rings (SSSR count). The molecule has 0 saturated carbocycles. The third-order valence-corrected chi connectivity index (χ3v) is 3.28. The highest BCUT2D eigenvalue weighted by Gasteiger charge is 2.13. The molecule has 2 heterocycles. The van der Waals surface area contributed by atoms with E-state index in [1.807, 2.05) is 31.2 Å². The summed E-state index contributed by atoms with van der Waals surface area (Å²) in [6.45, 7) is 3.65. The number of amides is 1. The van der Waals surface area contributed by atoms with Crippen LogP contribution < -0.4 is 16.0 Å². The van der Waals surface area contributed by atoms with Gasteiger partial charge in [-0.1, -0.05) is 0 Å². The summed E-state index contributed by atoms with van der Waals surface area (Å²) in [7, 11) is 1.81. The van der Waals surface area contributed by atoms with Crippen LogP contribution in [0.1, 0.15) is 16.1 Å². The molecule has 1 aliphatic rings. The van der Waals surface area contributed by atoms with Crippen LogP contribution in [-0.4, -0.2) is 28.8 Å². The molecule has 1 aliphatic heterocycles. The molecule has 6 heteroatoms. The lowest BCUT2D eigenvalue weighted by Crippen LogP contribution is -2.21. The van der Waals surface area contributed by atoms with Crippen molar-refractivity contribution >= 4 is 23.1 Å². The van der Waals surface area contributed by atoms with E-state index >= 15 is 0 Å². The summed E-state index contributed by atoms with van der Waals surface area (Å²) in [5, 5.41) is 13.6. The van der Waals surface area contributed by atoms with Gasteiger partial charge in [-0.25, -0.2) is 0 Å². The summed E-state index contributed by atoms with van der Waals surface area (Å²) in [6, 6.07) is 7.44. The van der Waals surface area contributed by atoms with Crippen LogP contribution >= 0.6 is 0 Å². The summed E-state index contributed by atoms with van der Waals surface area (Å²) in [5.41, 5.74) is 3.49. The third-order valence-electron chi connectivity index (χ3n) is 3.28. The molecule has 0 bridgehead atoms. The molecule has 1 aromatic carbocycles. The van der Waals surface area contributed by atoms with Crippen molar-refractivity contribution in [1.82, 2.24) is 9.78 Å². The first-order valence-corrected chi connectivity index (χ1v) is 6.57. The van der Waals surface area contributed by atoms with Gasteiger partial charge >= 0.3 is 0 Å². The van der Waals surface area contributed by atoms with Gasteiger partial charge in [-0.15, -0.1) is 0 Å². The molecule has 0 atom stereocenters. The van der Waals surface area contributed by atoms with Crippen LogP contribution in [0, 0.1) is 6.92 Å². The summed E-state index contributed by atoms with van der Waals surface area (Å²) < 4.78 is 1.66. The summed E-state index contributed by atoms with van der Waals surface area (Å²) in [5.74, 6) is 0.555. The fraction of sp³-hybridized carbons (Fsp3) is 0.286. The molecule has 0 spiro atoms. The van der Waals surface area contributed by atoms with Gasteiger partial charge < -0.3 is 16.0 Å². The lowest BCUT2D eigenvalue weighted by molar-refractivity contribution is 0.102. The molecule has 1 aromatic heterocycles. The topological polar surface area (TPSA) is 71.0 Å². The van der Waals surface area contributed by atoms with E-state index in [2.05, 4.69) is 21.0 Å². The Morgan fingerprint density at radius 3 is 2.70 bits per heavy atom. The zero-order valence-corrected chi connectivity index (χ0v) is 11.5. The molecule has 6 nitrogen and oxygen atoms in total. The largest absolute Gasteiger partial charge is 0.382 e. The first kappa shape index (κ1) is 12.5. The Bertz CT molecular complexity index is 662. The molecule has 20 heavy (non-hydrogen) atoms. The van der Waals surface area contributed by atoms with Crippen molar-refractivity contribution in [1.29, 1.82) is 0 Å². The summed E-state index contributed by atoms with van der Waals surface area (Å²) in [6.07, 6.45) is 0. The Labute approximate surface area is 117 Å². The van der Waals surface area contributed by atoms with Crippen molar-refractivity contribution in [3.63, 3.8) is 0 Å². The van der Waals surface area contributed by atoms with Gasteiger partial charge in [0.2, 0.25) is 0 Å². The minimum atomic E-state index is -0.136. The van der Waals surface area contributed by atoms with Gasteiger partial charge in [0, 0.05) is 31.8 Å². The Kier molecular flexibility index (Phi) is 3.06. The molecule has 0 unspecified atom stereocenters. The normalized spacial score (nSPS) is 13.1. The smallest absolute Gasteiger partial charge is 0.256 e. The molecule has 104 valence electrons. The number of anilines is 3. The maximum Gasteiger partial charge on any atom is 0.256 e. The number of carbonyl (C=O) groups excluding carboxylic acids is 1. The fourth-order valence-electron chi connectivity index (χ4n) is 2.30. The van der Waals surface area contributed by atoms with Crippen LogP contribution in [0.3, 0.4) is 0 Å². The number of benzene rings is 1. The molecule has 0 aliphatic carbocycles. The number of aromatic nitrogens is 2. The molecule has 0 saturated heterocycles. The van der Waals surface area contributed by atoms with Crippen LogP contribution in [0.2, 0.25) is 0 Å². The van der Waals surface area contributed by atoms with Crippen LogP contribution in [0.15, 0.2) is 24.3 Å². The lowest BCUT2D eigenvalue weighted by Gasteiger charge is -2.20. The average Bonchev–Trinajstić information content (AvgIpc) is 2.76. The van der Waals surface area contributed by atoms with Crippen LogP contribution in [0.5, 0.6) is 0 Å². The van der Waals surface area contributed by atoms with Gasteiger partial charge in [0.25, 0.3) is 5.91 Å². The van der Waals surface area contributed by atoms with Gasteiger partial charge in [0.05, 0.1) is 17.1 Å². The predicted octanol–water partition coefficient (Wildman–Crippen LogP) is 1.82. The Morgan fingerprint density at radius 2 is 2.00 bits per heavy atom. The molecule has 3 N–H and O–H groups in total. The second kappa shape index (κ2) is 4.88. The monoisotopic (exact) mass is 271 g/mol. The van der Waals surface area contributed by atoms with E-state index in [4.69, 9.17) is 0 Å². The van der Waals surface area contributed by atoms with Crippen molar-refractivity contribution in [2.45, 2.75) is 6.92 Å². The van der Waals surface area contributed by atoms with E-state index < -0.39 is 0 Å². The summed E-state index contributed by atoms with van der Waals surface area (Å²) in [4.78, 5) is 12.3. The molecule has 2 aromatic rings. The zero-order chi connectivity index (χ0) is 14.1. The van der Waals surface area contributed by atoms with Crippen molar-refractivity contribution in [2.75, 3.05) is 29.0 Å². The SMILES string of the molecule is Cc1cc(NC(=O)c2ccc3c(c2)NCCN3)n(C)n1. The Hall–Kier alpha value is -2.50. The molecule has 1 amide bonds. The van der Waals surface area contributed by atoms with E-state index in [1.165, 1.54) is 0 Å². The number of fused-ring (bicyclic) bond motifs is 1. The Balaban J connectivity index is 1.82. The molecular formula is C14H17N5O. The van der Waals surface area contributed by atoms with E-state index in [-0.39, 0.29) is 5.91 Å². The van der Waals surface area contributed by atoms with Crippen molar-refractivity contribution in [3.8, 4) is 0 Å². The van der Waals surface area contributed by atoms with E-state index in [9.17, 15) is 4.79 Å². The van der Waals surface area contributed by atoms with Gasteiger partial charge in [-0.2, -0.15) is 5.10 Å². The Morgan fingerprint density at radius 1 is 1.25 bits per heavy atom. The van der Waals surface area contributed by atoms with Crippen LogP contribution in [0.4, 0.5) is 17.2 Å². The number of aryl methyl sites for hydroxylation is 2. The minimum absolute atomic E-state index is 0.136. The van der Waals surface area contributed by atoms with Crippen molar-refractivity contribution in [3.05, 3.63) is 35.5 Å². The second-order valence-corrected chi connectivity index (χ2v) is 4.86. The highest BCUT2D eigenvalue weighted by Crippen LogP contribution is 2.25. The zero-order valence-electron chi connectivity index (χ0n) is 11.5. The maximum atomic E-state index is 12.3. The first-order chi connectivity index (χ1) is 9.63. The van der Waals surface area contributed by atoms with Crippen molar-refractivity contribution in [2.24, 2.45) is 7.05 Å². The first-order valence-electron chi connectivity index (χ1n) is 6.57. The lowest BCUT2D eigenvalue weighted by atomic mass is 10.1. The van der Waals surface area contributed by atoms with E-state index in [1.54, 1.807) is 11.7 Å². The second-order valence-electron chi connectivity index (χ2n) is 4.86.